The number of fused-ring (bicyclic) bond motifs is 4. The first kappa shape index (κ1) is 21.2. The Kier molecular flexibility index (Phi) is 5.30. The van der Waals surface area contributed by atoms with Gasteiger partial charge in [0.2, 0.25) is 0 Å². The molecule has 0 radical (unpaired) electrons. The highest BCUT2D eigenvalue weighted by Gasteiger charge is 2.32. The summed E-state index contributed by atoms with van der Waals surface area (Å²) in [5, 5.41) is 0. The van der Waals surface area contributed by atoms with Crippen LogP contribution in [0.4, 0.5) is 0 Å². The van der Waals surface area contributed by atoms with E-state index in [0.29, 0.717) is 11.8 Å². The van der Waals surface area contributed by atoms with Crippen molar-refractivity contribution >= 4 is 37.9 Å². The number of allylic oxidation sites excluding steroid dienone is 1. The fraction of sp³-hybridized carbons (Fsp3) is 0.310. The van der Waals surface area contributed by atoms with E-state index in [4.69, 9.17) is 0 Å². The molecule has 3 aromatic rings. The first-order chi connectivity index (χ1) is 14.7. The normalized spacial score (nSPS) is 17.4. The monoisotopic (exact) mass is 534 g/mol. The van der Waals surface area contributed by atoms with Gasteiger partial charge in [0.05, 0.1) is 0 Å². The molecule has 3 aromatic carbocycles. The number of hydrogen-bond acceptors (Lipinski definition) is 0. The van der Waals surface area contributed by atoms with Crippen molar-refractivity contribution in [1.82, 2.24) is 0 Å². The number of hydrogen-bond donors (Lipinski definition) is 0. The number of benzene rings is 3. The van der Waals surface area contributed by atoms with E-state index < -0.39 is 0 Å². The van der Waals surface area contributed by atoms with Gasteiger partial charge in [0, 0.05) is 20.8 Å². The van der Waals surface area contributed by atoms with Crippen LogP contribution in [0.3, 0.4) is 0 Å². The Hall–Kier alpha value is -1.64. The van der Waals surface area contributed by atoms with E-state index in [2.05, 4.69) is 120 Å². The van der Waals surface area contributed by atoms with Gasteiger partial charge in [0.25, 0.3) is 0 Å². The Labute approximate surface area is 203 Å². The summed E-state index contributed by atoms with van der Waals surface area (Å²) in [6, 6.07) is 20.5. The average Bonchev–Trinajstić information content (AvgIpc) is 3.18. The van der Waals surface area contributed by atoms with E-state index in [0.717, 1.165) is 6.42 Å². The van der Waals surface area contributed by atoms with Gasteiger partial charge in [0.15, 0.2) is 0 Å². The molecule has 0 amide bonds. The van der Waals surface area contributed by atoms with Crippen LogP contribution in [0, 0.1) is 0 Å². The van der Waals surface area contributed by atoms with Crippen LogP contribution in [0.25, 0.3) is 17.2 Å². The van der Waals surface area contributed by atoms with Crippen molar-refractivity contribution in [3.8, 4) is 11.1 Å². The molecule has 1 unspecified atom stereocenters. The third-order valence-electron chi connectivity index (χ3n) is 7.06. The maximum atomic E-state index is 3.71. The van der Waals surface area contributed by atoms with Gasteiger partial charge in [-0.1, -0.05) is 94.6 Å². The van der Waals surface area contributed by atoms with Crippen molar-refractivity contribution in [3.63, 3.8) is 0 Å². The van der Waals surface area contributed by atoms with Gasteiger partial charge in [-0.15, -0.1) is 0 Å². The summed E-state index contributed by atoms with van der Waals surface area (Å²) in [4.78, 5) is 0. The highest BCUT2D eigenvalue weighted by atomic mass is 79.9. The summed E-state index contributed by atoms with van der Waals surface area (Å²) < 4.78 is 2.33. The molecule has 5 rings (SSSR count). The SMILES string of the molecule is CC1=Cc2c(cccc2C(C)(C)C)C1CCC1c2cc(Br)ccc2-c2ccc(Br)cc21. The minimum atomic E-state index is 0.166. The Balaban J connectivity index is 1.49. The molecule has 0 heterocycles. The quantitative estimate of drug-likeness (QED) is 0.313. The van der Waals surface area contributed by atoms with Crippen molar-refractivity contribution in [2.45, 2.75) is 57.8 Å². The Morgan fingerprint density at radius 2 is 1.32 bits per heavy atom. The molecular weight excluding hydrogens is 508 g/mol. The summed E-state index contributed by atoms with van der Waals surface area (Å²) in [6.07, 6.45) is 4.78. The molecule has 31 heavy (non-hydrogen) atoms. The van der Waals surface area contributed by atoms with Crippen LogP contribution in [-0.2, 0) is 5.41 Å². The Morgan fingerprint density at radius 1 is 0.742 bits per heavy atom. The van der Waals surface area contributed by atoms with E-state index in [1.54, 1.807) is 0 Å². The Morgan fingerprint density at radius 3 is 1.90 bits per heavy atom. The van der Waals surface area contributed by atoms with Crippen molar-refractivity contribution in [2.75, 3.05) is 0 Å². The molecule has 0 saturated carbocycles. The topological polar surface area (TPSA) is 0 Å². The van der Waals surface area contributed by atoms with Crippen molar-refractivity contribution < 1.29 is 0 Å². The van der Waals surface area contributed by atoms with Gasteiger partial charge in [-0.3, -0.25) is 0 Å². The lowest BCUT2D eigenvalue weighted by molar-refractivity contribution is 0.585. The standard InChI is InChI=1S/C29H28Br2/c1-17-14-27-21(6-5-7-28(27)29(2,3)4)20(17)12-13-24-25-15-18(30)8-10-22(25)23-11-9-19(31)16-26(23)24/h5-11,14-16,20,24H,12-13H2,1-4H3. The van der Waals surface area contributed by atoms with E-state index >= 15 is 0 Å². The molecule has 0 aromatic heterocycles. The van der Waals surface area contributed by atoms with E-state index in [9.17, 15) is 0 Å². The molecular formula is C29H28Br2. The van der Waals surface area contributed by atoms with Crippen molar-refractivity contribution in [1.29, 1.82) is 0 Å². The highest BCUT2D eigenvalue weighted by molar-refractivity contribution is 9.10. The predicted molar refractivity (Wildman–Crippen MR) is 140 cm³/mol. The Bertz CT molecular complexity index is 1160. The largest absolute Gasteiger partial charge is 0.0652 e. The summed E-state index contributed by atoms with van der Waals surface area (Å²) in [7, 11) is 0. The predicted octanol–water partition coefficient (Wildman–Crippen LogP) is 9.60. The second-order valence-corrected chi connectivity index (χ2v) is 11.9. The van der Waals surface area contributed by atoms with Crippen LogP contribution in [0.5, 0.6) is 0 Å². The molecule has 0 fully saturated rings. The maximum absolute atomic E-state index is 3.71. The molecule has 0 spiro atoms. The zero-order valence-corrected chi connectivity index (χ0v) is 21.8. The zero-order chi connectivity index (χ0) is 21.9. The third-order valence-corrected chi connectivity index (χ3v) is 8.04. The van der Waals surface area contributed by atoms with Crippen LogP contribution in [-0.4, -0.2) is 0 Å². The van der Waals surface area contributed by atoms with Gasteiger partial charge in [-0.25, -0.2) is 0 Å². The summed E-state index contributed by atoms with van der Waals surface area (Å²) in [5.41, 5.74) is 11.8. The van der Waals surface area contributed by atoms with Crippen LogP contribution in [0.15, 0.2) is 69.1 Å². The van der Waals surface area contributed by atoms with Crippen molar-refractivity contribution in [2.24, 2.45) is 0 Å². The molecule has 2 aliphatic rings. The first-order valence-electron chi connectivity index (χ1n) is 11.1. The average molecular weight is 536 g/mol. The minimum absolute atomic E-state index is 0.166. The van der Waals surface area contributed by atoms with Crippen molar-refractivity contribution in [3.05, 3.63) is 96.9 Å². The zero-order valence-electron chi connectivity index (χ0n) is 18.6. The first-order valence-corrected chi connectivity index (χ1v) is 12.7. The van der Waals surface area contributed by atoms with Crippen LogP contribution >= 0.6 is 31.9 Å². The molecule has 158 valence electrons. The molecule has 0 N–H and O–H groups in total. The van der Waals surface area contributed by atoms with E-state index in [1.807, 2.05) is 0 Å². The second kappa shape index (κ2) is 7.74. The van der Waals surface area contributed by atoms with Gasteiger partial charge in [0.1, 0.15) is 0 Å². The highest BCUT2D eigenvalue weighted by Crippen LogP contribution is 2.51. The molecule has 0 nitrogen and oxygen atoms in total. The van der Waals surface area contributed by atoms with Gasteiger partial charge < -0.3 is 0 Å². The molecule has 2 aliphatic carbocycles. The molecule has 2 heteroatoms. The minimum Gasteiger partial charge on any atom is -0.0652 e. The second-order valence-electron chi connectivity index (χ2n) is 10.1. The number of rotatable bonds is 3. The van der Waals surface area contributed by atoms with E-state index in [-0.39, 0.29) is 5.41 Å². The van der Waals surface area contributed by atoms with Gasteiger partial charge in [-0.05, 0) is 88.4 Å². The summed E-state index contributed by atoms with van der Waals surface area (Å²) in [6.45, 7) is 9.28. The molecule has 0 bridgehead atoms. The van der Waals surface area contributed by atoms with Gasteiger partial charge in [-0.2, -0.15) is 0 Å². The van der Waals surface area contributed by atoms with Gasteiger partial charge >= 0.3 is 0 Å². The molecule has 0 saturated heterocycles. The molecule has 1 atom stereocenters. The van der Waals surface area contributed by atoms with E-state index in [1.165, 1.54) is 59.9 Å². The lowest BCUT2D eigenvalue weighted by Crippen LogP contribution is -2.13. The smallest absolute Gasteiger partial charge is 0.0178 e. The van der Waals surface area contributed by atoms with Crippen LogP contribution < -0.4 is 0 Å². The lowest BCUT2D eigenvalue weighted by atomic mass is 9.80. The third kappa shape index (κ3) is 3.66. The van der Waals surface area contributed by atoms with Crippen LogP contribution in [0.1, 0.15) is 80.2 Å². The fourth-order valence-electron chi connectivity index (χ4n) is 5.60. The lowest BCUT2D eigenvalue weighted by Gasteiger charge is -2.24. The van der Waals surface area contributed by atoms with Crippen LogP contribution in [0.2, 0.25) is 0 Å². The number of halogens is 2. The maximum Gasteiger partial charge on any atom is 0.0178 e. The summed E-state index contributed by atoms with van der Waals surface area (Å²) in [5.74, 6) is 0.965. The molecule has 0 aliphatic heterocycles. The fourth-order valence-corrected chi connectivity index (χ4v) is 6.36. The summed E-state index contributed by atoms with van der Waals surface area (Å²) >= 11 is 7.42.